The largest absolute Gasteiger partial charge is 0.389 e. The number of likely N-dealkylation sites (tertiary alicyclic amines) is 1. The topological polar surface area (TPSA) is 108 Å². The first-order chi connectivity index (χ1) is 18.0. The molecule has 0 spiro atoms. The molecule has 38 heavy (non-hydrogen) atoms. The number of halogens is 2. The van der Waals surface area contributed by atoms with Crippen LogP contribution in [0.4, 0.5) is 8.78 Å². The van der Waals surface area contributed by atoms with E-state index in [0.717, 1.165) is 0 Å². The van der Waals surface area contributed by atoms with Crippen LogP contribution in [0.1, 0.15) is 36.2 Å². The van der Waals surface area contributed by atoms with Crippen molar-refractivity contribution >= 4 is 16.8 Å². The van der Waals surface area contributed by atoms with Crippen LogP contribution in [0.2, 0.25) is 0 Å². The van der Waals surface area contributed by atoms with Crippen LogP contribution in [0.5, 0.6) is 0 Å². The molecule has 1 aliphatic heterocycles. The standard InChI is InChI=1S/C29H27F2N5O2/c1-29(2,38)16-36-27-12-26(31)24(10-20(27)14-34-36)22-6-5-18(28(37)35-8-7-21(33)15-35)9-23(22)17-3-4-19(13-32)25(30)11-17/h3-6,9-12,14,21,38H,7-8,15-16,33H2,1-2H3/t21-/m0/s1. The minimum absolute atomic E-state index is 0.0801. The summed E-state index contributed by atoms with van der Waals surface area (Å²) in [6.07, 6.45) is 2.31. The maximum Gasteiger partial charge on any atom is 0.253 e. The maximum absolute atomic E-state index is 15.6. The van der Waals surface area contributed by atoms with Crippen molar-refractivity contribution in [2.75, 3.05) is 13.1 Å². The highest BCUT2D eigenvalue weighted by atomic mass is 19.1. The van der Waals surface area contributed by atoms with Crippen molar-refractivity contribution in [1.29, 1.82) is 5.26 Å². The SMILES string of the molecule is CC(C)(O)Cn1ncc2cc(-c3ccc(C(=O)N4CC[C@H](N)C4)cc3-c3ccc(C#N)c(F)c3)c(F)cc21. The van der Waals surface area contributed by atoms with Crippen molar-refractivity contribution in [1.82, 2.24) is 14.7 Å². The number of hydrogen-bond donors (Lipinski definition) is 2. The lowest BCUT2D eigenvalue weighted by Gasteiger charge is -2.19. The molecule has 0 aliphatic carbocycles. The number of benzene rings is 3. The summed E-state index contributed by atoms with van der Waals surface area (Å²) >= 11 is 0. The van der Waals surface area contributed by atoms with E-state index in [0.29, 0.717) is 52.7 Å². The molecule has 7 nitrogen and oxygen atoms in total. The quantitative estimate of drug-likeness (QED) is 0.408. The molecule has 1 fully saturated rings. The normalized spacial score (nSPS) is 15.7. The van der Waals surface area contributed by atoms with E-state index in [2.05, 4.69) is 5.10 Å². The van der Waals surface area contributed by atoms with Gasteiger partial charge in [-0.1, -0.05) is 12.1 Å². The van der Waals surface area contributed by atoms with Crippen LogP contribution in [0.3, 0.4) is 0 Å². The minimum Gasteiger partial charge on any atom is -0.389 e. The summed E-state index contributed by atoms with van der Waals surface area (Å²) in [6.45, 7) is 4.46. The Morgan fingerprint density at radius 3 is 2.58 bits per heavy atom. The van der Waals surface area contributed by atoms with Gasteiger partial charge >= 0.3 is 0 Å². The number of aromatic nitrogens is 2. The molecule has 0 bridgehead atoms. The van der Waals surface area contributed by atoms with E-state index in [-0.39, 0.29) is 29.6 Å². The number of nitriles is 1. The Balaban J connectivity index is 1.65. The van der Waals surface area contributed by atoms with E-state index in [4.69, 9.17) is 11.0 Å². The number of amides is 1. The van der Waals surface area contributed by atoms with Crippen molar-refractivity contribution in [2.24, 2.45) is 5.73 Å². The van der Waals surface area contributed by atoms with Crippen LogP contribution in [0.25, 0.3) is 33.2 Å². The molecule has 0 unspecified atom stereocenters. The third-order valence-corrected chi connectivity index (χ3v) is 6.74. The smallest absolute Gasteiger partial charge is 0.253 e. The monoisotopic (exact) mass is 515 g/mol. The van der Waals surface area contributed by atoms with Gasteiger partial charge in [-0.2, -0.15) is 10.4 Å². The molecule has 9 heteroatoms. The highest BCUT2D eigenvalue weighted by Crippen LogP contribution is 2.37. The van der Waals surface area contributed by atoms with Crippen molar-refractivity contribution in [3.8, 4) is 28.3 Å². The molecule has 1 atom stereocenters. The highest BCUT2D eigenvalue weighted by Gasteiger charge is 2.26. The molecule has 5 rings (SSSR count). The molecule has 1 amide bonds. The van der Waals surface area contributed by atoms with Crippen LogP contribution >= 0.6 is 0 Å². The summed E-state index contributed by atoms with van der Waals surface area (Å²) in [6, 6.07) is 13.8. The molecule has 3 N–H and O–H groups in total. The predicted molar refractivity (Wildman–Crippen MR) is 140 cm³/mol. The molecule has 0 saturated carbocycles. The van der Waals surface area contributed by atoms with Gasteiger partial charge in [0.1, 0.15) is 17.7 Å². The van der Waals surface area contributed by atoms with Crippen LogP contribution in [0.15, 0.2) is 54.7 Å². The van der Waals surface area contributed by atoms with Gasteiger partial charge in [-0.15, -0.1) is 0 Å². The first-order valence-electron chi connectivity index (χ1n) is 12.3. The zero-order valence-corrected chi connectivity index (χ0v) is 21.1. The van der Waals surface area contributed by atoms with Gasteiger partial charge in [0.25, 0.3) is 5.91 Å². The molecule has 0 radical (unpaired) electrons. The first-order valence-corrected chi connectivity index (χ1v) is 12.3. The Hall–Kier alpha value is -4.13. The fourth-order valence-corrected chi connectivity index (χ4v) is 4.88. The fraction of sp³-hybridized carbons (Fsp3) is 0.276. The molecule has 1 saturated heterocycles. The molecule has 3 aromatic carbocycles. The Morgan fingerprint density at radius 1 is 1.13 bits per heavy atom. The zero-order chi connectivity index (χ0) is 27.2. The van der Waals surface area contributed by atoms with E-state index in [1.54, 1.807) is 66.0 Å². The van der Waals surface area contributed by atoms with E-state index in [1.807, 2.05) is 0 Å². The number of nitrogens with zero attached hydrogens (tertiary/aromatic N) is 4. The Morgan fingerprint density at radius 2 is 1.92 bits per heavy atom. The molecular formula is C29H27F2N5O2. The average molecular weight is 516 g/mol. The summed E-state index contributed by atoms with van der Waals surface area (Å²) in [4.78, 5) is 14.9. The van der Waals surface area contributed by atoms with Crippen LogP contribution < -0.4 is 5.73 Å². The average Bonchev–Trinajstić information content (AvgIpc) is 3.47. The van der Waals surface area contributed by atoms with Gasteiger partial charge in [0.05, 0.1) is 29.4 Å². The van der Waals surface area contributed by atoms with Gasteiger partial charge in [-0.25, -0.2) is 8.78 Å². The summed E-state index contributed by atoms with van der Waals surface area (Å²) in [5.74, 6) is -1.44. The van der Waals surface area contributed by atoms with Gasteiger partial charge in [-0.3, -0.25) is 9.48 Å². The number of carbonyl (C=O) groups is 1. The second kappa shape index (κ2) is 9.63. The molecular weight excluding hydrogens is 488 g/mol. The van der Waals surface area contributed by atoms with Crippen molar-refractivity contribution in [3.63, 3.8) is 0 Å². The predicted octanol–water partition coefficient (Wildman–Crippen LogP) is 4.46. The van der Waals surface area contributed by atoms with Gasteiger partial charge < -0.3 is 15.7 Å². The maximum atomic E-state index is 15.6. The Kier molecular flexibility index (Phi) is 6.47. The van der Waals surface area contributed by atoms with E-state index >= 15 is 4.39 Å². The Labute approximate surface area is 218 Å². The number of hydrogen-bond acceptors (Lipinski definition) is 5. The second-order valence-electron chi connectivity index (χ2n) is 10.4. The first kappa shape index (κ1) is 25.5. The van der Waals surface area contributed by atoms with Gasteiger partial charge in [-0.05, 0) is 67.3 Å². The van der Waals surface area contributed by atoms with Crippen molar-refractivity contribution < 1.29 is 18.7 Å². The summed E-state index contributed by atoms with van der Waals surface area (Å²) in [7, 11) is 0. The lowest BCUT2D eigenvalue weighted by atomic mass is 9.91. The summed E-state index contributed by atoms with van der Waals surface area (Å²) in [5, 5.41) is 24.3. The lowest BCUT2D eigenvalue weighted by molar-refractivity contribution is 0.0591. The second-order valence-corrected chi connectivity index (χ2v) is 10.4. The van der Waals surface area contributed by atoms with Crippen LogP contribution in [0, 0.1) is 23.0 Å². The third kappa shape index (κ3) is 4.88. The van der Waals surface area contributed by atoms with Crippen LogP contribution in [-0.4, -0.2) is 50.4 Å². The zero-order valence-electron chi connectivity index (χ0n) is 21.1. The summed E-state index contributed by atoms with van der Waals surface area (Å²) < 4.78 is 31.8. The number of nitrogens with two attached hydrogens (primary N) is 1. The summed E-state index contributed by atoms with van der Waals surface area (Å²) in [5.41, 5.74) is 7.29. The molecule has 1 aliphatic rings. The number of aliphatic hydroxyl groups is 1. The fourth-order valence-electron chi connectivity index (χ4n) is 4.88. The Bertz CT molecular complexity index is 1600. The lowest BCUT2D eigenvalue weighted by Crippen LogP contribution is -2.31. The number of rotatable bonds is 5. The van der Waals surface area contributed by atoms with E-state index in [9.17, 15) is 14.3 Å². The molecule has 4 aromatic rings. The highest BCUT2D eigenvalue weighted by molar-refractivity contribution is 5.98. The van der Waals surface area contributed by atoms with E-state index in [1.165, 1.54) is 18.2 Å². The molecule has 2 heterocycles. The van der Waals surface area contributed by atoms with Crippen LogP contribution in [-0.2, 0) is 6.54 Å². The number of carbonyl (C=O) groups excluding carboxylic acids is 1. The van der Waals surface area contributed by atoms with E-state index < -0.39 is 17.2 Å². The van der Waals surface area contributed by atoms with Gasteiger partial charge in [0.2, 0.25) is 0 Å². The van der Waals surface area contributed by atoms with Crippen molar-refractivity contribution in [2.45, 2.75) is 38.5 Å². The van der Waals surface area contributed by atoms with Gasteiger partial charge in [0.15, 0.2) is 0 Å². The third-order valence-electron chi connectivity index (χ3n) is 6.74. The molecule has 194 valence electrons. The molecule has 1 aromatic heterocycles. The van der Waals surface area contributed by atoms with Gasteiger partial charge in [0, 0.05) is 41.7 Å². The minimum atomic E-state index is -1.04. The van der Waals surface area contributed by atoms with Crippen molar-refractivity contribution in [3.05, 3.63) is 77.5 Å². The number of fused-ring (bicyclic) bond motifs is 1.